The van der Waals surface area contributed by atoms with Gasteiger partial charge >= 0.3 is 0 Å². The number of hydrogen-bond donors (Lipinski definition) is 0. The SMILES string of the molecule is CN(Cc1ccc(F)cc1)C(=O)CN1CCC2(CCCOC2)C1. The lowest BCUT2D eigenvalue weighted by molar-refractivity contribution is -0.131. The van der Waals surface area contributed by atoms with Gasteiger partial charge in [-0.05, 0) is 43.5 Å². The van der Waals surface area contributed by atoms with E-state index in [1.54, 1.807) is 24.1 Å². The van der Waals surface area contributed by atoms with Gasteiger partial charge in [-0.25, -0.2) is 4.39 Å². The lowest BCUT2D eigenvalue weighted by Crippen LogP contribution is -2.40. The number of rotatable bonds is 4. The number of benzene rings is 1. The summed E-state index contributed by atoms with van der Waals surface area (Å²) < 4.78 is 18.6. The number of carbonyl (C=O) groups is 1. The normalized spacial score (nSPS) is 25.0. The van der Waals surface area contributed by atoms with Gasteiger partial charge in [-0.2, -0.15) is 0 Å². The topological polar surface area (TPSA) is 32.8 Å². The van der Waals surface area contributed by atoms with Crippen LogP contribution in [0.4, 0.5) is 4.39 Å². The fraction of sp³-hybridized carbons (Fsp3) is 0.611. The number of amides is 1. The standard InChI is InChI=1S/C18H25FN2O2/c1-20(11-15-3-5-16(19)6-4-15)17(22)12-21-9-8-18(13-21)7-2-10-23-14-18/h3-6H,2,7-14H2,1H3. The lowest BCUT2D eigenvalue weighted by atomic mass is 9.82. The Morgan fingerprint density at radius 2 is 2.13 bits per heavy atom. The lowest BCUT2D eigenvalue weighted by Gasteiger charge is -2.33. The third-order valence-electron chi connectivity index (χ3n) is 5.04. The number of hydrogen-bond acceptors (Lipinski definition) is 3. The predicted molar refractivity (Wildman–Crippen MR) is 86.4 cm³/mol. The van der Waals surface area contributed by atoms with Gasteiger partial charge < -0.3 is 9.64 Å². The van der Waals surface area contributed by atoms with Crippen molar-refractivity contribution in [1.82, 2.24) is 9.80 Å². The third kappa shape index (κ3) is 4.09. The predicted octanol–water partition coefficient (Wildman–Crippen LogP) is 2.29. The van der Waals surface area contributed by atoms with Crippen LogP contribution in [0, 0.1) is 11.2 Å². The van der Waals surface area contributed by atoms with E-state index in [-0.39, 0.29) is 17.1 Å². The number of nitrogens with zero attached hydrogens (tertiary/aromatic N) is 2. The van der Waals surface area contributed by atoms with Crippen LogP contribution in [0.2, 0.25) is 0 Å². The zero-order valence-corrected chi connectivity index (χ0v) is 13.8. The van der Waals surface area contributed by atoms with Crippen LogP contribution in [0.5, 0.6) is 0 Å². The molecule has 3 rings (SSSR count). The maximum atomic E-state index is 12.9. The van der Waals surface area contributed by atoms with E-state index in [1.165, 1.54) is 18.6 Å². The molecule has 1 amide bonds. The molecule has 1 atom stereocenters. The largest absolute Gasteiger partial charge is 0.381 e. The second kappa shape index (κ2) is 6.97. The van der Waals surface area contributed by atoms with Gasteiger partial charge in [-0.3, -0.25) is 9.69 Å². The molecule has 4 nitrogen and oxygen atoms in total. The van der Waals surface area contributed by atoms with Crippen LogP contribution in [0.15, 0.2) is 24.3 Å². The Morgan fingerprint density at radius 1 is 1.35 bits per heavy atom. The van der Waals surface area contributed by atoms with Crippen molar-refractivity contribution < 1.29 is 13.9 Å². The summed E-state index contributed by atoms with van der Waals surface area (Å²) in [6, 6.07) is 6.31. The van der Waals surface area contributed by atoms with E-state index in [1.807, 2.05) is 0 Å². The quantitative estimate of drug-likeness (QED) is 0.853. The average Bonchev–Trinajstić information content (AvgIpc) is 2.92. The van der Waals surface area contributed by atoms with Gasteiger partial charge in [0.05, 0.1) is 13.2 Å². The molecule has 1 aromatic rings. The van der Waals surface area contributed by atoms with Crippen LogP contribution in [0.25, 0.3) is 0 Å². The number of likely N-dealkylation sites (N-methyl/N-ethyl adjacent to an activating group) is 1. The highest BCUT2D eigenvalue weighted by Crippen LogP contribution is 2.37. The Labute approximate surface area is 137 Å². The number of likely N-dealkylation sites (tertiary alicyclic amines) is 1. The molecule has 0 N–H and O–H groups in total. The number of ether oxygens (including phenoxy) is 1. The van der Waals surface area contributed by atoms with E-state index in [0.717, 1.165) is 44.7 Å². The van der Waals surface area contributed by atoms with E-state index in [9.17, 15) is 9.18 Å². The molecule has 2 aliphatic heterocycles. The first kappa shape index (κ1) is 16.4. The van der Waals surface area contributed by atoms with Crippen LogP contribution in [0.1, 0.15) is 24.8 Å². The molecule has 0 saturated carbocycles. The number of halogens is 1. The minimum absolute atomic E-state index is 0.114. The first-order valence-electron chi connectivity index (χ1n) is 8.35. The molecule has 5 heteroatoms. The van der Waals surface area contributed by atoms with Crippen molar-refractivity contribution in [2.75, 3.05) is 39.9 Å². The van der Waals surface area contributed by atoms with Gasteiger partial charge in [0.15, 0.2) is 0 Å². The highest BCUT2D eigenvalue weighted by molar-refractivity contribution is 5.78. The summed E-state index contributed by atoms with van der Waals surface area (Å²) in [5, 5.41) is 0. The molecule has 0 radical (unpaired) electrons. The van der Waals surface area contributed by atoms with E-state index < -0.39 is 0 Å². The van der Waals surface area contributed by atoms with E-state index in [0.29, 0.717) is 13.1 Å². The van der Waals surface area contributed by atoms with Gasteiger partial charge in [-0.1, -0.05) is 12.1 Å². The van der Waals surface area contributed by atoms with Crippen LogP contribution < -0.4 is 0 Å². The molecule has 2 saturated heterocycles. The Morgan fingerprint density at radius 3 is 2.83 bits per heavy atom. The molecule has 0 bridgehead atoms. The highest BCUT2D eigenvalue weighted by Gasteiger charge is 2.40. The van der Waals surface area contributed by atoms with Gasteiger partial charge in [0.2, 0.25) is 5.91 Å². The molecule has 1 unspecified atom stereocenters. The minimum Gasteiger partial charge on any atom is -0.381 e. The molecule has 0 aromatic heterocycles. The summed E-state index contributed by atoms with van der Waals surface area (Å²) in [4.78, 5) is 16.4. The minimum atomic E-state index is -0.250. The van der Waals surface area contributed by atoms with Gasteiger partial charge in [0.25, 0.3) is 0 Å². The van der Waals surface area contributed by atoms with Crippen LogP contribution in [0.3, 0.4) is 0 Å². The summed E-state index contributed by atoms with van der Waals surface area (Å²) >= 11 is 0. The molecule has 0 aliphatic carbocycles. The summed E-state index contributed by atoms with van der Waals surface area (Å²) in [5.74, 6) is -0.136. The summed E-state index contributed by atoms with van der Waals surface area (Å²) in [7, 11) is 1.81. The third-order valence-corrected chi connectivity index (χ3v) is 5.04. The molecule has 1 spiro atoms. The van der Waals surface area contributed by atoms with Crippen molar-refractivity contribution in [2.24, 2.45) is 5.41 Å². The maximum Gasteiger partial charge on any atom is 0.236 e. The van der Waals surface area contributed by atoms with Gasteiger partial charge in [0.1, 0.15) is 5.82 Å². The van der Waals surface area contributed by atoms with Crippen molar-refractivity contribution in [3.63, 3.8) is 0 Å². The number of carbonyl (C=O) groups excluding carboxylic acids is 1. The first-order valence-corrected chi connectivity index (χ1v) is 8.35. The molecule has 2 fully saturated rings. The summed E-state index contributed by atoms with van der Waals surface area (Å²) in [5.41, 5.74) is 1.22. The summed E-state index contributed by atoms with van der Waals surface area (Å²) in [6.45, 7) is 4.62. The molecule has 126 valence electrons. The van der Waals surface area contributed by atoms with E-state index >= 15 is 0 Å². The highest BCUT2D eigenvalue weighted by atomic mass is 19.1. The second-order valence-corrected chi connectivity index (χ2v) is 6.99. The van der Waals surface area contributed by atoms with Crippen molar-refractivity contribution in [2.45, 2.75) is 25.8 Å². The average molecular weight is 320 g/mol. The van der Waals surface area contributed by atoms with E-state index in [4.69, 9.17) is 4.74 Å². The Bertz CT molecular complexity index is 540. The molecule has 23 heavy (non-hydrogen) atoms. The fourth-order valence-electron chi connectivity index (χ4n) is 3.66. The van der Waals surface area contributed by atoms with E-state index in [2.05, 4.69) is 4.90 Å². The Balaban J connectivity index is 1.49. The van der Waals surface area contributed by atoms with Crippen molar-refractivity contribution in [3.8, 4) is 0 Å². The maximum absolute atomic E-state index is 12.9. The van der Waals surface area contributed by atoms with Crippen molar-refractivity contribution >= 4 is 5.91 Å². The zero-order valence-electron chi connectivity index (χ0n) is 13.8. The molecule has 2 aliphatic rings. The van der Waals surface area contributed by atoms with Crippen LogP contribution >= 0.6 is 0 Å². The van der Waals surface area contributed by atoms with Crippen molar-refractivity contribution in [1.29, 1.82) is 0 Å². The zero-order chi connectivity index (χ0) is 16.3. The molecule has 2 heterocycles. The second-order valence-electron chi connectivity index (χ2n) is 6.99. The van der Waals surface area contributed by atoms with Crippen molar-refractivity contribution in [3.05, 3.63) is 35.6 Å². The fourth-order valence-corrected chi connectivity index (χ4v) is 3.66. The van der Waals surface area contributed by atoms with Crippen LogP contribution in [-0.2, 0) is 16.1 Å². The Hall–Kier alpha value is -1.46. The summed E-state index contributed by atoms with van der Waals surface area (Å²) in [6.07, 6.45) is 3.47. The van der Waals surface area contributed by atoms with Gasteiger partial charge in [-0.15, -0.1) is 0 Å². The van der Waals surface area contributed by atoms with Gasteiger partial charge in [0, 0.05) is 32.2 Å². The smallest absolute Gasteiger partial charge is 0.236 e. The molecular weight excluding hydrogens is 295 g/mol. The molecule has 1 aromatic carbocycles. The first-order chi connectivity index (χ1) is 11.1. The molecular formula is C18H25FN2O2. The van der Waals surface area contributed by atoms with Crippen LogP contribution in [-0.4, -0.2) is 55.6 Å². The monoisotopic (exact) mass is 320 g/mol. The Kier molecular flexibility index (Phi) is 4.97.